The smallest absolute Gasteiger partial charge is 0.475 e. The lowest BCUT2D eigenvalue weighted by molar-refractivity contribution is -0.192. The average Bonchev–Trinajstić information content (AvgIpc) is 2.87. The van der Waals surface area contributed by atoms with Gasteiger partial charge in [-0.3, -0.25) is 4.79 Å². The van der Waals surface area contributed by atoms with Gasteiger partial charge in [0.05, 0.1) is 13.2 Å². The molecule has 7 nitrogen and oxygen atoms in total. The third-order valence-electron chi connectivity index (χ3n) is 5.38. The summed E-state index contributed by atoms with van der Waals surface area (Å²) in [6.07, 6.45) is -5.08. The third kappa shape index (κ3) is 4.72. The molecule has 1 saturated heterocycles. The van der Waals surface area contributed by atoms with Crippen molar-refractivity contribution >= 4 is 17.8 Å². The molecule has 1 aliphatic carbocycles. The zero-order valence-electron chi connectivity index (χ0n) is 16.3. The van der Waals surface area contributed by atoms with E-state index in [1.165, 1.54) is 7.11 Å². The molecule has 0 aromatic heterocycles. The van der Waals surface area contributed by atoms with E-state index in [9.17, 15) is 22.8 Å². The molecule has 0 aromatic rings. The highest BCUT2D eigenvalue weighted by atomic mass is 19.4. The molecule has 1 aliphatic heterocycles. The lowest BCUT2D eigenvalue weighted by Gasteiger charge is -2.35. The van der Waals surface area contributed by atoms with E-state index in [-0.39, 0.29) is 28.6 Å². The molecule has 10 heteroatoms. The van der Waals surface area contributed by atoms with E-state index in [2.05, 4.69) is 13.8 Å². The monoisotopic (exact) mass is 396 g/mol. The van der Waals surface area contributed by atoms with Crippen LogP contribution in [0.5, 0.6) is 0 Å². The van der Waals surface area contributed by atoms with Crippen molar-refractivity contribution in [2.45, 2.75) is 52.9 Å². The maximum atomic E-state index is 12.6. The lowest BCUT2D eigenvalue weighted by atomic mass is 9.86. The minimum absolute atomic E-state index is 0.113. The minimum Gasteiger partial charge on any atom is -0.475 e. The van der Waals surface area contributed by atoms with Crippen LogP contribution in [0.1, 0.15) is 34.6 Å². The largest absolute Gasteiger partial charge is 0.490 e. The van der Waals surface area contributed by atoms with Gasteiger partial charge in [0.1, 0.15) is 6.04 Å². The van der Waals surface area contributed by atoms with Gasteiger partial charge >= 0.3 is 18.1 Å². The second kappa shape index (κ2) is 7.29. The topological polar surface area (TPSA) is 110 Å². The molecule has 1 saturated carbocycles. The van der Waals surface area contributed by atoms with Crippen molar-refractivity contribution in [3.63, 3.8) is 0 Å². The first kappa shape index (κ1) is 23.2. The van der Waals surface area contributed by atoms with Crippen LogP contribution in [0.25, 0.3) is 0 Å². The quantitative estimate of drug-likeness (QED) is 0.687. The van der Waals surface area contributed by atoms with Crippen molar-refractivity contribution in [1.29, 1.82) is 0 Å². The summed E-state index contributed by atoms with van der Waals surface area (Å²) in [7, 11) is 1.37. The van der Waals surface area contributed by atoms with Crippen molar-refractivity contribution in [2.75, 3.05) is 13.7 Å². The number of ether oxygens (including phenoxy) is 1. The summed E-state index contributed by atoms with van der Waals surface area (Å²) in [6.45, 7) is 10.7. The number of carboxylic acid groups (broad SMARTS) is 1. The Morgan fingerprint density at radius 2 is 1.67 bits per heavy atom. The van der Waals surface area contributed by atoms with E-state index in [1.54, 1.807) is 4.90 Å². The molecule has 0 radical (unpaired) electrons. The van der Waals surface area contributed by atoms with E-state index >= 15 is 0 Å². The van der Waals surface area contributed by atoms with Gasteiger partial charge in [-0.2, -0.15) is 13.2 Å². The van der Waals surface area contributed by atoms with Gasteiger partial charge in [0.15, 0.2) is 0 Å². The standard InChI is InChI=1S/C15H26N2O3.C2HF3O2/c1-14(2,3)11(16)12(18)17-7-8-9(15(8,4)5)10(17)13(19)20-6;3-2(4,5)1(6)7/h8-11H,7,16H2,1-6H3;(H,6,7)/t8-,9-,10-,11+;/m0./s1. The lowest BCUT2D eigenvalue weighted by Crippen LogP contribution is -2.55. The Kier molecular flexibility index (Phi) is 6.26. The number of alkyl halides is 3. The summed E-state index contributed by atoms with van der Waals surface area (Å²) < 4.78 is 36.6. The third-order valence-corrected chi connectivity index (χ3v) is 5.38. The Labute approximate surface area is 156 Å². The molecule has 4 atom stereocenters. The predicted octanol–water partition coefficient (Wildman–Crippen LogP) is 1.65. The number of methoxy groups -OCH3 is 1. The van der Waals surface area contributed by atoms with Crippen LogP contribution >= 0.6 is 0 Å². The number of nitrogens with two attached hydrogens (primary N) is 1. The summed E-state index contributed by atoms with van der Waals surface area (Å²) in [5, 5.41) is 7.12. The summed E-state index contributed by atoms with van der Waals surface area (Å²) >= 11 is 0. The number of rotatable bonds is 2. The molecule has 0 aromatic carbocycles. The minimum atomic E-state index is -5.08. The number of hydrogen-bond donors (Lipinski definition) is 2. The van der Waals surface area contributed by atoms with Crippen molar-refractivity contribution in [3.8, 4) is 0 Å². The first-order valence-electron chi connectivity index (χ1n) is 8.41. The fraction of sp³-hybridized carbons (Fsp3) is 0.824. The van der Waals surface area contributed by atoms with E-state index < -0.39 is 24.2 Å². The molecule has 27 heavy (non-hydrogen) atoms. The van der Waals surface area contributed by atoms with Gasteiger partial charge in [0, 0.05) is 12.5 Å². The Balaban J connectivity index is 0.000000445. The zero-order chi connectivity index (χ0) is 21.5. The maximum absolute atomic E-state index is 12.6. The summed E-state index contributed by atoms with van der Waals surface area (Å²) in [5.41, 5.74) is 5.86. The van der Waals surface area contributed by atoms with E-state index in [0.717, 1.165) is 0 Å². The Morgan fingerprint density at radius 3 is 2.00 bits per heavy atom. The van der Waals surface area contributed by atoms with Gasteiger partial charge in [-0.1, -0.05) is 34.6 Å². The fourth-order valence-corrected chi connectivity index (χ4v) is 3.45. The fourth-order valence-electron chi connectivity index (χ4n) is 3.45. The number of carboxylic acids is 1. The van der Waals surface area contributed by atoms with Crippen LogP contribution in [0.4, 0.5) is 13.2 Å². The highest BCUT2D eigenvalue weighted by Crippen LogP contribution is 2.65. The number of piperidine rings is 1. The van der Waals surface area contributed by atoms with E-state index in [4.69, 9.17) is 20.4 Å². The molecule has 1 heterocycles. The van der Waals surface area contributed by atoms with Crippen LogP contribution in [-0.2, 0) is 19.1 Å². The Hall–Kier alpha value is -1.84. The van der Waals surface area contributed by atoms with Crippen LogP contribution in [-0.4, -0.2) is 59.8 Å². The molecule has 2 fully saturated rings. The van der Waals surface area contributed by atoms with Crippen LogP contribution in [0, 0.1) is 22.7 Å². The maximum Gasteiger partial charge on any atom is 0.490 e. The van der Waals surface area contributed by atoms with Gasteiger partial charge in [-0.05, 0) is 16.7 Å². The molecule has 0 bridgehead atoms. The molecule has 0 spiro atoms. The predicted molar refractivity (Wildman–Crippen MR) is 89.4 cm³/mol. The number of carbonyl (C=O) groups excluding carboxylic acids is 2. The molecule has 3 N–H and O–H groups in total. The van der Waals surface area contributed by atoms with E-state index in [1.807, 2.05) is 20.8 Å². The number of fused-ring (bicyclic) bond motifs is 1. The molecular weight excluding hydrogens is 369 g/mol. The van der Waals surface area contributed by atoms with Gasteiger partial charge in [-0.25, -0.2) is 9.59 Å². The van der Waals surface area contributed by atoms with Crippen molar-refractivity contribution < 1.29 is 37.4 Å². The van der Waals surface area contributed by atoms with Crippen LogP contribution in [0.3, 0.4) is 0 Å². The SMILES string of the molecule is COC(=O)[C@@H]1[C@@H]2[C@H](CN1C(=O)[C@@H](N)C(C)(C)C)C2(C)C.O=C(O)C(F)(F)F. The van der Waals surface area contributed by atoms with Crippen molar-refractivity contribution in [3.05, 3.63) is 0 Å². The number of halogens is 3. The average molecular weight is 396 g/mol. The van der Waals surface area contributed by atoms with Crippen LogP contribution < -0.4 is 5.73 Å². The van der Waals surface area contributed by atoms with Gasteiger partial charge < -0.3 is 20.5 Å². The van der Waals surface area contributed by atoms with Gasteiger partial charge in [-0.15, -0.1) is 0 Å². The number of esters is 1. The molecular formula is C17H27F3N2O5. The Bertz CT molecular complexity index is 613. The number of likely N-dealkylation sites (tertiary alicyclic amines) is 1. The zero-order valence-corrected chi connectivity index (χ0v) is 16.3. The second-order valence-electron chi connectivity index (χ2n) is 8.56. The highest BCUT2D eigenvalue weighted by molar-refractivity contribution is 5.89. The van der Waals surface area contributed by atoms with Gasteiger partial charge in [0.25, 0.3) is 0 Å². The number of nitrogens with zero attached hydrogens (tertiary/aromatic N) is 1. The van der Waals surface area contributed by atoms with Crippen molar-refractivity contribution in [1.82, 2.24) is 4.90 Å². The number of aliphatic carboxylic acids is 1. The summed E-state index contributed by atoms with van der Waals surface area (Å²) in [4.78, 5) is 35.2. The van der Waals surface area contributed by atoms with Crippen LogP contribution in [0.15, 0.2) is 0 Å². The number of carbonyl (C=O) groups is 3. The van der Waals surface area contributed by atoms with Crippen LogP contribution in [0.2, 0.25) is 0 Å². The second-order valence-corrected chi connectivity index (χ2v) is 8.56. The molecule has 0 unspecified atom stereocenters. The first-order valence-corrected chi connectivity index (χ1v) is 8.41. The molecule has 1 amide bonds. The molecule has 2 rings (SSSR count). The van der Waals surface area contributed by atoms with Gasteiger partial charge in [0.2, 0.25) is 5.91 Å². The number of amides is 1. The molecule has 156 valence electrons. The summed E-state index contributed by atoms with van der Waals surface area (Å²) in [5.74, 6) is -2.64. The summed E-state index contributed by atoms with van der Waals surface area (Å²) in [6, 6.07) is -1.07. The number of hydrogen-bond acceptors (Lipinski definition) is 5. The molecule has 2 aliphatic rings. The first-order chi connectivity index (χ1) is 12.0. The highest BCUT2D eigenvalue weighted by Gasteiger charge is 2.70. The Morgan fingerprint density at radius 1 is 1.22 bits per heavy atom. The normalized spacial score (nSPS) is 27.0. The van der Waals surface area contributed by atoms with Crippen molar-refractivity contribution in [2.24, 2.45) is 28.4 Å². The van der Waals surface area contributed by atoms with E-state index in [0.29, 0.717) is 12.5 Å².